The zero-order valence-electron chi connectivity index (χ0n) is 59.2. The van der Waals surface area contributed by atoms with Gasteiger partial charge >= 0.3 is 0 Å². The van der Waals surface area contributed by atoms with Gasteiger partial charge in [-0.3, -0.25) is 4.57 Å². The van der Waals surface area contributed by atoms with Crippen LogP contribution in [0.2, 0.25) is 20.1 Å². The number of phenolic OH excluding ortho intramolecular Hbond substituents is 2. The Bertz CT molecular complexity index is 5980. The number of nitrogens with two attached hydrogens (primary N) is 1. The zero-order valence-corrected chi connectivity index (χ0v) is 65.5. The van der Waals surface area contributed by atoms with Gasteiger partial charge in [0.05, 0.1) is 47.9 Å². The summed E-state index contributed by atoms with van der Waals surface area (Å²) in [5.74, 6) is 2.03. The Morgan fingerprint density at radius 2 is 0.774 bits per heavy atom. The van der Waals surface area contributed by atoms with Crippen LogP contribution < -0.4 is 15.2 Å². The number of hydrogen-bond acceptors (Lipinski definition) is 12. The topological polar surface area (TPSA) is 180 Å². The number of aryl methyl sites for hydroxylation is 8. The van der Waals surface area contributed by atoms with Crippen LogP contribution in [0.15, 0.2) is 197 Å². The lowest BCUT2D eigenvalue weighted by Crippen LogP contribution is -2.23. The maximum atomic E-state index is 9.97. The Labute approximate surface area is 650 Å². The highest BCUT2D eigenvalue weighted by molar-refractivity contribution is 7.11. The van der Waals surface area contributed by atoms with E-state index in [1.165, 1.54) is 48.7 Å². The normalized spacial score (nSPS) is 11.8. The van der Waals surface area contributed by atoms with Crippen molar-refractivity contribution in [1.82, 2.24) is 13.7 Å². The predicted octanol–water partition coefficient (Wildman–Crippen LogP) is 25.1. The van der Waals surface area contributed by atoms with Crippen LogP contribution in [0, 0.1) is 78.3 Å². The quantitative estimate of drug-likeness (QED) is 0.0452. The van der Waals surface area contributed by atoms with Crippen molar-refractivity contribution in [2.75, 3.05) is 14.2 Å². The fourth-order valence-electron chi connectivity index (χ4n) is 14.4. The van der Waals surface area contributed by atoms with E-state index in [4.69, 9.17) is 61.6 Å². The number of hydrogen-bond donors (Lipinski definition) is 4. The Hall–Kier alpha value is -10.5. The van der Waals surface area contributed by atoms with E-state index in [0.29, 0.717) is 15.1 Å². The molecule has 0 radical (unpaired) electrons. The highest BCUT2D eigenvalue weighted by Gasteiger charge is 2.30. The van der Waals surface area contributed by atoms with Crippen molar-refractivity contribution in [3.05, 3.63) is 275 Å². The number of allylic oxidation sites excluding steroid dienone is 1. The Balaban J connectivity index is 0.000000125. The summed E-state index contributed by atoms with van der Waals surface area (Å²) in [7, 11) is 3.35. The molecule has 0 amide bonds. The van der Waals surface area contributed by atoms with Crippen molar-refractivity contribution in [2.45, 2.75) is 61.8 Å². The number of nitrogens with zero attached hydrogens (tertiary/aromatic N) is 6. The first kappa shape index (κ1) is 73.8. The number of benzene rings is 8. The molecule has 15 aromatic rings. The van der Waals surface area contributed by atoms with Gasteiger partial charge in [0.25, 0.3) is 0 Å². The second-order valence-electron chi connectivity index (χ2n) is 25.6. The molecule has 0 aliphatic heterocycles. The molecular weight excluding hydrogens is 1480 g/mol. The molecule has 1 aliphatic rings. The smallest absolute Gasteiger partial charge is 0.242 e. The van der Waals surface area contributed by atoms with Gasteiger partial charge in [0, 0.05) is 89.1 Å². The highest BCUT2D eigenvalue weighted by atomic mass is 35.5. The number of ether oxygens (including phenoxy) is 2. The molecular formula is C86H69Cl4N7O5S4. The van der Waals surface area contributed by atoms with Crippen LogP contribution in [0.1, 0.15) is 64.0 Å². The minimum atomic E-state index is -0.0302. The predicted molar refractivity (Wildman–Crippen MR) is 444 cm³/mol. The minimum absolute atomic E-state index is 0.0302. The second-order valence-corrected chi connectivity index (χ2v) is 31.7. The van der Waals surface area contributed by atoms with Gasteiger partial charge in [-0.2, -0.15) is 10.5 Å². The average Bonchev–Trinajstić information content (AvgIpc) is 1.53. The average molecular weight is 1550 g/mol. The monoisotopic (exact) mass is 1550 g/mol. The molecule has 530 valence electrons. The molecule has 0 saturated carbocycles. The molecule has 1 aliphatic carbocycles. The first-order valence-electron chi connectivity index (χ1n) is 33.5. The molecule has 0 spiro atoms. The molecule has 8 aromatic carbocycles. The molecule has 0 fully saturated rings. The molecule has 5 N–H and O–H groups in total. The van der Waals surface area contributed by atoms with Crippen molar-refractivity contribution in [1.29, 1.82) is 10.5 Å². The summed E-state index contributed by atoms with van der Waals surface area (Å²) in [6, 6.07) is 53.3. The number of nitriles is 2. The van der Waals surface area contributed by atoms with Crippen LogP contribution >= 0.6 is 91.8 Å². The third kappa shape index (κ3) is 14.0. The van der Waals surface area contributed by atoms with E-state index in [9.17, 15) is 25.9 Å². The van der Waals surface area contributed by atoms with Crippen molar-refractivity contribution >= 4 is 142 Å². The summed E-state index contributed by atoms with van der Waals surface area (Å²) in [6.45, 7) is 16.8. The van der Waals surface area contributed by atoms with Gasteiger partial charge in [-0.05, 0) is 271 Å². The summed E-state index contributed by atoms with van der Waals surface area (Å²) >= 11 is 32.0. The largest absolute Gasteiger partial charge is 0.508 e. The van der Waals surface area contributed by atoms with E-state index in [0.717, 1.165) is 149 Å². The lowest BCUT2D eigenvalue weighted by molar-refractivity contribution is 0.316. The maximum absolute atomic E-state index is 9.97. The fourth-order valence-corrected chi connectivity index (χ4v) is 18.5. The van der Waals surface area contributed by atoms with Crippen molar-refractivity contribution in [3.8, 4) is 103 Å². The Morgan fingerprint density at radius 1 is 0.434 bits per heavy atom. The van der Waals surface area contributed by atoms with E-state index >= 15 is 0 Å². The summed E-state index contributed by atoms with van der Waals surface area (Å²) in [5, 5.41) is 66.0. The number of oxime groups is 1. The van der Waals surface area contributed by atoms with E-state index in [-0.39, 0.29) is 17.5 Å². The summed E-state index contributed by atoms with van der Waals surface area (Å²) in [5.41, 5.74) is 32.8. The van der Waals surface area contributed by atoms with E-state index in [1.807, 2.05) is 127 Å². The van der Waals surface area contributed by atoms with E-state index < -0.39 is 0 Å². The SMILES string of the molecule is COc1ccc(-c2c(-c3c(C)csc3C)n(C#N)c3ccc(Cl)cc23)cc1.COc1ccc(C2=C(c3c(C)csc3C)Cc3ccc(Cl)cc32)cc1.Cc1csc(C)c1-c1c(-c2ccc(O)cc2)c2cc(Cl)ccc2n1/C(N)=N/O.Cc1csc(C)c1-c1c(-c2ccc(O)cc2)c2cc(Cl)ccc2n1C#N. The molecule has 0 atom stereocenters. The molecule has 12 nitrogen and oxygen atoms in total. The van der Waals surface area contributed by atoms with Gasteiger partial charge in [0.2, 0.25) is 5.96 Å². The van der Waals surface area contributed by atoms with Crippen molar-refractivity contribution in [2.24, 2.45) is 10.9 Å². The number of phenols is 2. The lowest BCUT2D eigenvalue weighted by Gasteiger charge is -2.12. The van der Waals surface area contributed by atoms with Crippen LogP contribution in [-0.2, 0) is 6.42 Å². The fraction of sp³-hybridized carbons (Fsp3) is 0.128. The van der Waals surface area contributed by atoms with Crippen molar-refractivity contribution in [3.63, 3.8) is 0 Å². The molecule has 0 saturated heterocycles. The van der Waals surface area contributed by atoms with Gasteiger partial charge in [0.15, 0.2) is 12.4 Å². The highest BCUT2D eigenvalue weighted by Crippen LogP contribution is 2.51. The third-order valence-electron chi connectivity index (χ3n) is 19.0. The number of rotatable bonds is 10. The number of fused-ring (bicyclic) bond motifs is 4. The zero-order chi connectivity index (χ0) is 75.1. The molecule has 16 rings (SSSR count). The first-order valence-corrected chi connectivity index (χ1v) is 38.5. The van der Waals surface area contributed by atoms with Crippen LogP contribution in [0.4, 0.5) is 0 Å². The van der Waals surface area contributed by atoms with Crippen LogP contribution in [0.5, 0.6) is 23.0 Å². The molecule has 20 heteroatoms. The third-order valence-corrected chi connectivity index (χ3v) is 24.1. The second kappa shape index (κ2) is 30.9. The number of halogens is 4. The van der Waals surface area contributed by atoms with E-state index in [1.54, 1.807) is 98.3 Å². The molecule has 0 bridgehead atoms. The number of methoxy groups -OCH3 is 2. The van der Waals surface area contributed by atoms with Crippen LogP contribution in [0.3, 0.4) is 0 Å². The van der Waals surface area contributed by atoms with Gasteiger partial charge in [-0.25, -0.2) is 9.13 Å². The first-order chi connectivity index (χ1) is 51.1. The van der Waals surface area contributed by atoms with Crippen molar-refractivity contribution < 1.29 is 24.9 Å². The molecule has 106 heavy (non-hydrogen) atoms. The molecule has 0 unspecified atom stereocenters. The Morgan fingerprint density at radius 3 is 1.15 bits per heavy atom. The van der Waals surface area contributed by atoms with Crippen LogP contribution in [-0.4, -0.2) is 49.3 Å². The number of thiophene rings is 4. The molecule has 7 heterocycles. The van der Waals surface area contributed by atoms with Gasteiger partial charge < -0.3 is 30.6 Å². The van der Waals surface area contributed by atoms with Gasteiger partial charge in [-0.15, -0.1) is 45.3 Å². The van der Waals surface area contributed by atoms with Gasteiger partial charge in [-0.1, -0.05) is 106 Å². The number of aromatic nitrogens is 3. The number of aromatic hydroxyl groups is 2. The standard InChI is InChI=1S/C22H17ClN2OS.C22H19ClOS.C21H18ClN3O2S.C21H15ClN2OS/c1-13-11-27-14(2)20(13)22-21(15-4-7-17(26-3)8-5-15)18-10-16(23)6-9-19(18)25(22)12-24;1-13-12-25-14(2)21(13)20-10-16-4-7-17(23)11-19(16)22(20)15-5-8-18(24-3)9-6-15;1-11-10-28-12(2)18(11)20-19(13-3-6-15(26)7-4-13)16-9-14(22)5-8-17(16)25(20)21(23)24-27;1-12-10-26-13(2)19(12)21-20(14-3-6-16(25)7-4-14)17-9-15(22)5-8-18(17)24(21)11-23/h4-11H,1-3H3;4-9,11-12H,10H2,1-3H3;3-10,26-27H,1-2H3,(H2,23,24);3-10,25H,1-2H3. The lowest BCUT2D eigenvalue weighted by atomic mass is 9.93. The summed E-state index contributed by atoms with van der Waals surface area (Å²) < 4.78 is 15.8. The summed E-state index contributed by atoms with van der Waals surface area (Å²) in [6.07, 6.45) is 5.65. The minimum Gasteiger partial charge on any atom is -0.508 e. The van der Waals surface area contributed by atoms with Crippen LogP contribution in [0.25, 0.3) is 111 Å². The van der Waals surface area contributed by atoms with E-state index in [2.05, 4.69) is 112 Å². The molecule has 7 aromatic heterocycles. The van der Waals surface area contributed by atoms with Gasteiger partial charge in [0.1, 0.15) is 23.0 Å². The summed E-state index contributed by atoms with van der Waals surface area (Å²) in [4.78, 5) is 4.84. The maximum Gasteiger partial charge on any atom is 0.242 e. The Kier molecular flexibility index (Phi) is 21.5.